The molecule has 0 bridgehead atoms. The summed E-state index contributed by atoms with van der Waals surface area (Å²) in [5, 5.41) is 86.2. The molecule has 0 radical (unpaired) electrons. The summed E-state index contributed by atoms with van der Waals surface area (Å²) in [5.41, 5.74) is 0. The van der Waals surface area contributed by atoms with E-state index in [2.05, 4.69) is 31.3 Å². The lowest BCUT2D eigenvalue weighted by Crippen LogP contribution is -2.65. The second-order valence-corrected chi connectivity index (χ2v) is 22.9. The Morgan fingerprint density at radius 1 is 0.461 bits per heavy atom. The number of nitrogens with one attached hydrogen (secondary N) is 1. The van der Waals surface area contributed by atoms with Crippen molar-refractivity contribution in [2.45, 2.75) is 357 Å². The van der Waals surface area contributed by atoms with Crippen molar-refractivity contribution >= 4 is 5.91 Å². The number of amides is 1. The van der Waals surface area contributed by atoms with Crippen molar-refractivity contribution in [3.63, 3.8) is 0 Å². The average Bonchev–Trinajstić information content (AvgIpc) is 3.42. The third-order valence-electron chi connectivity index (χ3n) is 16.0. The molecular weight excluding hydrogens is 967 g/mol. The highest BCUT2D eigenvalue weighted by atomic mass is 16.7. The van der Waals surface area contributed by atoms with Crippen molar-refractivity contribution in [1.82, 2.24) is 5.32 Å². The lowest BCUT2D eigenvalue weighted by molar-refractivity contribution is -0.359. The molecule has 0 aliphatic carbocycles. The standard InChI is InChI=1S/C62H119NO13/c1-3-5-7-8-9-10-11-12-13-14-15-16-17-18-19-20-21-22-23-24-25-26-27-28-29-30-31-32-33-34-35-36-37-38-39-40-41-42-44-46-54(67)63-50(51(66)45-43-6-4-2)49-73-61-59(72)57(70)60(53(48-65)75-61)76-62-58(71)56(69)55(68)52(47-64)74-62/h14-15,50-53,55-62,64-66,68-72H,3-13,16-49H2,1-2H3,(H,63,67)/b15-14-. The summed E-state index contributed by atoms with van der Waals surface area (Å²) in [6.45, 7) is 2.70. The van der Waals surface area contributed by atoms with Gasteiger partial charge in [-0.2, -0.15) is 0 Å². The van der Waals surface area contributed by atoms with Gasteiger partial charge in [0.05, 0.1) is 32.0 Å². The van der Waals surface area contributed by atoms with Gasteiger partial charge in [-0.1, -0.05) is 251 Å². The summed E-state index contributed by atoms with van der Waals surface area (Å²) >= 11 is 0. The second kappa shape index (κ2) is 48.4. The van der Waals surface area contributed by atoms with Gasteiger partial charge in [0.25, 0.3) is 0 Å². The fourth-order valence-electron chi connectivity index (χ4n) is 10.8. The van der Waals surface area contributed by atoms with Crippen LogP contribution in [-0.2, 0) is 23.7 Å². The van der Waals surface area contributed by atoms with Gasteiger partial charge in [0, 0.05) is 6.42 Å². The van der Waals surface area contributed by atoms with Gasteiger partial charge >= 0.3 is 0 Å². The number of rotatable bonds is 52. The maximum absolute atomic E-state index is 13.1. The maximum atomic E-state index is 13.1. The zero-order valence-electron chi connectivity index (χ0n) is 48.5. The third-order valence-corrected chi connectivity index (χ3v) is 16.0. The molecule has 2 saturated heterocycles. The number of carbonyl (C=O) groups excluding carboxylic acids is 1. The van der Waals surface area contributed by atoms with Crippen molar-refractivity contribution < 1.29 is 64.6 Å². The normalized spacial score (nSPS) is 24.9. The Labute approximate surface area is 463 Å². The van der Waals surface area contributed by atoms with E-state index in [1.165, 1.54) is 212 Å². The molecule has 2 fully saturated rings. The van der Waals surface area contributed by atoms with Crippen molar-refractivity contribution in [2.24, 2.45) is 0 Å². The third kappa shape index (κ3) is 33.5. The number of aliphatic hydroxyl groups is 8. The van der Waals surface area contributed by atoms with Gasteiger partial charge in [-0.3, -0.25) is 4.79 Å². The van der Waals surface area contributed by atoms with E-state index in [1.54, 1.807) is 0 Å². The van der Waals surface area contributed by atoms with E-state index in [9.17, 15) is 45.6 Å². The molecule has 0 saturated carbocycles. The molecule has 76 heavy (non-hydrogen) atoms. The minimum atomic E-state index is -1.78. The molecule has 9 N–H and O–H groups in total. The van der Waals surface area contributed by atoms with Crippen LogP contribution >= 0.6 is 0 Å². The number of hydrogen-bond donors (Lipinski definition) is 9. The van der Waals surface area contributed by atoms with Crippen LogP contribution < -0.4 is 5.32 Å². The molecule has 2 rings (SSSR count). The topological polar surface area (TPSA) is 228 Å². The highest BCUT2D eigenvalue weighted by Gasteiger charge is 2.51. The molecule has 1 amide bonds. The Kier molecular flexibility index (Phi) is 45.1. The lowest BCUT2D eigenvalue weighted by Gasteiger charge is -2.46. The molecule has 0 aromatic heterocycles. The van der Waals surface area contributed by atoms with Gasteiger partial charge in [0.15, 0.2) is 12.6 Å². The minimum absolute atomic E-state index is 0.213. The van der Waals surface area contributed by atoms with Gasteiger partial charge in [-0.25, -0.2) is 0 Å². The van der Waals surface area contributed by atoms with Crippen LogP contribution in [0.5, 0.6) is 0 Å². The SMILES string of the molecule is CCCCCCCCCC/C=C\CCCCCCCCCCCCCCCCCCCCCCCCCCCCCC(=O)NC(COC1OC(CO)C(OC2OC(CO)C(O)C(O)C2O)C(O)C1O)C(O)CCCCC. The van der Waals surface area contributed by atoms with Crippen LogP contribution in [0, 0.1) is 0 Å². The van der Waals surface area contributed by atoms with E-state index in [0.717, 1.165) is 44.9 Å². The van der Waals surface area contributed by atoms with Gasteiger partial charge < -0.3 is 65.1 Å². The summed E-state index contributed by atoms with van der Waals surface area (Å²) in [7, 11) is 0. The molecule has 14 nitrogen and oxygen atoms in total. The molecule has 2 aliphatic heterocycles. The zero-order chi connectivity index (χ0) is 55.3. The molecule has 0 aromatic carbocycles. The maximum Gasteiger partial charge on any atom is 0.220 e. The van der Waals surface area contributed by atoms with Crippen LogP contribution in [0.4, 0.5) is 0 Å². The van der Waals surface area contributed by atoms with Crippen LogP contribution in [0.25, 0.3) is 0 Å². The molecule has 2 aliphatic rings. The summed E-state index contributed by atoms with van der Waals surface area (Å²) < 4.78 is 22.6. The number of hydrogen-bond acceptors (Lipinski definition) is 13. The monoisotopic (exact) mass is 1090 g/mol. The highest BCUT2D eigenvalue weighted by molar-refractivity contribution is 5.76. The molecule has 0 spiro atoms. The molecule has 12 atom stereocenters. The number of carbonyl (C=O) groups is 1. The molecule has 450 valence electrons. The van der Waals surface area contributed by atoms with Crippen molar-refractivity contribution in [3.05, 3.63) is 12.2 Å². The summed E-state index contributed by atoms with van der Waals surface area (Å²) in [5.74, 6) is -0.213. The predicted molar refractivity (Wildman–Crippen MR) is 305 cm³/mol. The number of unbranched alkanes of at least 4 members (excludes halogenated alkanes) is 37. The fraction of sp³-hybridized carbons (Fsp3) is 0.952. The van der Waals surface area contributed by atoms with Gasteiger partial charge in [0.1, 0.15) is 48.8 Å². The smallest absolute Gasteiger partial charge is 0.220 e. The quantitative estimate of drug-likeness (QED) is 0.0204. The highest BCUT2D eigenvalue weighted by Crippen LogP contribution is 2.30. The molecule has 2 heterocycles. The number of allylic oxidation sites excluding steroid dienone is 2. The summed E-state index contributed by atoms with van der Waals surface area (Å²) in [4.78, 5) is 13.1. The van der Waals surface area contributed by atoms with E-state index in [0.29, 0.717) is 12.8 Å². The van der Waals surface area contributed by atoms with Gasteiger partial charge in [-0.15, -0.1) is 0 Å². The van der Waals surface area contributed by atoms with E-state index in [4.69, 9.17) is 18.9 Å². The molecule has 12 unspecified atom stereocenters. The zero-order valence-corrected chi connectivity index (χ0v) is 48.5. The second-order valence-electron chi connectivity index (χ2n) is 22.9. The Morgan fingerprint density at radius 3 is 1.25 bits per heavy atom. The first kappa shape index (κ1) is 70.8. The first-order valence-electron chi connectivity index (χ1n) is 31.9. The largest absolute Gasteiger partial charge is 0.394 e. The predicted octanol–water partition coefficient (Wildman–Crippen LogP) is 11.5. The average molecular weight is 1090 g/mol. The number of aliphatic hydroxyl groups excluding tert-OH is 8. The first-order valence-corrected chi connectivity index (χ1v) is 31.9. The van der Waals surface area contributed by atoms with Gasteiger partial charge in [-0.05, 0) is 38.5 Å². The van der Waals surface area contributed by atoms with E-state index >= 15 is 0 Å². The van der Waals surface area contributed by atoms with E-state index in [1.807, 2.05) is 0 Å². The van der Waals surface area contributed by atoms with Gasteiger partial charge in [0.2, 0.25) is 5.91 Å². The van der Waals surface area contributed by atoms with Crippen LogP contribution in [0.1, 0.15) is 284 Å². The number of ether oxygens (including phenoxy) is 4. The molecule has 14 heteroatoms. The van der Waals surface area contributed by atoms with Crippen LogP contribution in [0.3, 0.4) is 0 Å². The van der Waals surface area contributed by atoms with Crippen molar-refractivity contribution in [1.29, 1.82) is 0 Å². The summed E-state index contributed by atoms with van der Waals surface area (Å²) in [6, 6.07) is -0.820. The Bertz CT molecular complexity index is 1330. The Balaban J connectivity index is 1.41. The molecular formula is C62H119NO13. The van der Waals surface area contributed by atoms with Crippen molar-refractivity contribution in [3.8, 4) is 0 Å². The van der Waals surface area contributed by atoms with Crippen LogP contribution in [-0.4, -0.2) is 140 Å². The summed E-state index contributed by atoms with van der Waals surface area (Å²) in [6.07, 6.45) is 41.1. The fourth-order valence-corrected chi connectivity index (χ4v) is 10.8. The lowest BCUT2D eigenvalue weighted by atomic mass is 9.97. The Morgan fingerprint density at radius 2 is 0.829 bits per heavy atom. The minimum Gasteiger partial charge on any atom is -0.394 e. The van der Waals surface area contributed by atoms with E-state index < -0.39 is 86.8 Å². The van der Waals surface area contributed by atoms with Crippen molar-refractivity contribution in [2.75, 3.05) is 19.8 Å². The first-order chi connectivity index (χ1) is 37.1. The van der Waals surface area contributed by atoms with E-state index in [-0.39, 0.29) is 12.5 Å². The molecule has 0 aromatic rings. The van der Waals surface area contributed by atoms with Crippen LogP contribution in [0.15, 0.2) is 12.2 Å². The Hall–Kier alpha value is -1.27. The van der Waals surface area contributed by atoms with Crippen LogP contribution in [0.2, 0.25) is 0 Å².